The van der Waals surface area contributed by atoms with Crippen LogP contribution in [0.5, 0.6) is 0 Å². The average Bonchev–Trinajstić information content (AvgIpc) is 2.61. The van der Waals surface area contributed by atoms with Crippen LogP contribution in [0.1, 0.15) is 11.1 Å². The predicted molar refractivity (Wildman–Crippen MR) is 108 cm³/mol. The van der Waals surface area contributed by atoms with Crippen LogP contribution in [0.25, 0.3) is 10.9 Å². The second-order valence-electron chi connectivity index (χ2n) is 6.49. The summed E-state index contributed by atoms with van der Waals surface area (Å²) in [6.07, 6.45) is 2.68. The molecule has 0 aliphatic rings. The molecule has 0 unspecified atom stereocenters. The van der Waals surface area contributed by atoms with Crippen molar-refractivity contribution < 1.29 is 13.2 Å². The maximum absolute atomic E-state index is 12.6. The number of anilines is 2. The van der Waals surface area contributed by atoms with Crippen LogP contribution in [-0.4, -0.2) is 32.1 Å². The van der Waals surface area contributed by atoms with Crippen molar-refractivity contribution >= 4 is 38.2 Å². The van der Waals surface area contributed by atoms with Crippen molar-refractivity contribution in [2.24, 2.45) is 0 Å². The van der Waals surface area contributed by atoms with E-state index in [1.807, 2.05) is 44.2 Å². The summed E-state index contributed by atoms with van der Waals surface area (Å²) < 4.78 is 25.9. The molecule has 0 atom stereocenters. The number of hydrogen-bond acceptors (Lipinski definition) is 4. The number of pyridine rings is 1. The Bertz CT molecular complexity index is 1110. The number of rotatable bonds is 5. The zero-order valence-corrected chi connectivity index (χ0v) is 16.2. The SMILES string of the molecule is Cc1ccc(C)c(NC(=O)CN(c2cccc3cccnc23)S(C)(=O)=O)c1. The Morgan fingerprint density at radius 2 is 1.85 bits per heavy atom. The van der Waals surface area contributed by atoms with Crippen molar-refractivity contribution in [2.45, 2.75) is 13.8 Å². The van der Waals surface area contributed by atoms with Gasteiger partial charge in [0.15, 0.2) is 0 Å². The summed E-state index contributed by atoms with van der Waals surface area (Å²) in [6.45, 7) is 3.49. The summed E-state index contributed by atoms with van der Waals surface area (Å²) in [5.74, 6) is -0.415. The minimum Gasteiger partial charge on any atom is -0.324 e. The number of nitrogens with one attached hydrogen (secondary N) is 1. The lowest BCUT2D eigenvalue weighted by molar-refractivity contribution is -0.114. The molecule has 0 spiro atoms. The number of nitrogens with zero attached hydrogens (tertiary/aromatic N) is 2. The van der Waals surface area contributed by atoms with Gasteiger partial charge in [-0.2, -0.15) is 0 Å². The molecule has 0 aliphatic heterocycles. The Balaban J connectivity index is 1.94. The van der Waals surface area contributed by atoms with Crippen LogP contribution in [0.4, 0.5) is 11.4 Å². The van der Waals surface area contributed by atoms with E-state index in [2.05, 4.69) is 10.3 Å². The summed E-state index contributed by atoms with van der Waals surface area (Å²) in [6, 6.07) is 14.6. The molecule has 7 heteroatoms. The van der Waals surface area contributed by atoms with E-state index >= 15 is 0 Å². The summed E-state index contributed by atoms with van der Waals surface area (Å²) in [4.78, 5) is 16.9. The van der Waals surface area contributed by atoms with Gasteiger partial charge in [-0.3, -0.25) is 14.1 Å². The first kappa shape index (κ1) is 18.8. The lowest BCUT2D eigenvalue weighted by Crippen LogP contribution is -2.37. The van der Waals surface area contributed by atoms with Gasteiger partial charge in [0, 0.05) is 17.3 Å². The van der Waals surface area contributed by atoms with Crippen LogP contribution >= 0.6 is 0 Å². The Kier molecular flexibility index (Phi) is 5.14. The van der Waals surface area contributed by atoms with Gasteiger partial charge < -0.3 is 5.32 Å². The highest BCUT2D eigenvalue weighted by atomic mass is 32.2. The normalized spacial score (nSPS) is 11.4. The summed E-state index contributed by atoms with van der Waals surface area (Å²) in [7, 11) is -3.68. The van der Waals surface area contributed by atoms with Crippen molar-refractivity contribution in [2.75, 3.05) is 22.4 Å². The maximum atomic E-state index is 12.6. The number of benzene rings is 2. The second-order valence-corrected chi connectivity index (χ2v) is 8.40. The van der Waals surface area contributed by atoms with Gasteiger partial charge in [0.25, 0.3) is 0 Å². The molecule has 1 amide bonds. The van der Waals surface area contributed by atoms with Crippen LogP contribution < -0.4 is 9.62 Å². The Hall–Kier alpha value is -2.93. The lowest BCUT2D eigenvalue weighted by Gasteiger charge is -2.23. The molecule has 0 saturated carbocycles. The third kappa shape index (κ3) is 4.25. The molecule has 0 bridgehead atoms. The molecular weight excluding hydrogens is 362 g/mol. The first-order valence-electron chi connectivity index (χ1n) is 8.44. The fourth-order valence-electron chi connectivity index (χ4n) is 2.86. The standard InChI is InChI=1S/C20H21N3O3S/c1-14-9-10-15(2)17(12-14)22-19(24)13-23(27(3,25)26)18-8-4-6-16-7-5-11-21-20(16)18/h4-12H,13H2,1-3H3,(H,22,24). The fourth-order valence-corrected chi connectivity index (χ4v) is 3.72. The first-order chi connectivity index (χ1) is 12.8. The van der Waals surface area contributed by atoms with Crippen molar-refractivity contribution in [3.05, 3.63) is 65.9 Å². The molecule has 140 valence electrons. The molecule has 0 aliphatic carbocycles. The van der Waals surface area contributed by atoms with Gasteiger partial charge >= 0.3 is 0 Å². The Labute approximate surface area is 158 Å². The number of carbonyl (C=O) groups excluding carboxylic acids is 1. The van der Waals surface area contributed by atoms with E-state index in [4.69, 9.17) is 0 Å². The molecule has 0 radical (unpaired) electrons. The molecule has 6 nitrogen and oxygen atoms in total. The van der Waals surface area contributed by atoms with Gasteiger partial charge in [0.2, 0.25) is 15.9 Å². The molecule has 2 aromatic carbocycles. The number of fused-ring (bicyclic) bond motifs is 1. The van der Waals surface area contributed by atoms with Crippen molar-refractivity contribution in [3.63, 3.8) is 0 Å². The largest absolute Gasteiger partial charge is 0.324 e. The van der Waals surface area contributed by atoms with Crippen LogP contribution in [0.3, 0.4) is 0 Å². The average molecular weight is 383 g/mol. The van der Waals surface area contributed by atoms with E-state index in [1.165, 1.54) is 0 Å². The van der Waals surface area contributed by atoms with Gasteiger partial charge in [-0.25, -0.2) is 8.42 Å². The number of aryl methyl sites for hydroxylation is 2. The van der Waals surface area contributed by atoms with E-state index in [1.54, 1.807) is 24.4 Å². The van der Waals surface area contributed by atoms with Gasteiger partial charge in [0.05, 0.1) is 17.5 Å². The molecular formula is C20H21N3O3S. The number of hydrogen-bond donors (Lipinski definition) is 1. The number of aromatic nitrogens is 1. The highest BCUT2D eigenvalue weighted by molar-refractivity contribution is 7.92. The number of para-hydroxylation sites is 1. The topological polar surface area (TPSA) is 79.4 Å². The molecule has 1 heterocycles. The summed E-state index contributed by atoms with van der Waals surface area (Å²) in [5.41, 5.74) is 3.50. The van der Waals surface area contributed by atoms with E-state index < -0.39 is 15.9 Å². The highest BCUT2D eigenvalue weighted by Crippen LogP contribution is 2.26. The smallest absolute Gasteiger partial charge is 0.245 e. The highest BCUT2D eigenvalue weighted by Gasteiger charge is 2.23. The Morgan fingerprint density at radius 3 is 2.59 bits per heavy atom. The van der Waals surface area contributed by atoms with Crippen LogP contribution in [0, 0.1) is 13.8 Å². The molecule has 3 aromatic rings. The van der Waals surface area contributed by atoms with E-state index in [9.17, 15) is 13.2 Å². The van der Waals surface area contributed by atoms with Gasteiger partial charge in [-0.1, -0.05) is 30.3 Å². The zero-order valence-electron chi connectivity index (χ0n) is 15.4. The van der Waals surface area contributed by atoms with E-state index in [0.717, 1.165) is 27.1 Å². The van der Waals surface area contributed by atoms with Crippen molar-refractivity contribution in [3.8, 4) is 0 Å². The zero-order chi connectivity index (χ0) is 19.6. The summed E-state index contributed by atoms with van der Waals surface area (Å²) >= 11 is 0. The van der Waals surface area contributed by atoms with Crippen LogP contribution in [-0.2, 0) is 14.8 Å². The van der Waals surface area contributed by atoms with E-state index in [0.29, 0.717) is 16.9 Å². The van der Waals surface area contributed by atoms with Gasteiger partial charge in [-0.15, -0.1) is 0 Å². The molecule has 0 saturated heterocycles. The molecule has 1 N–H and O–H groups in total. The molecule has 0 fully saturated rings. The van der Waals surface area contributed by atoms with Crippen LogP contribution in [0.2, 0.25) is 0 Å². The molecule has 1 aromatic heterocycles. The summed E-state index contributed by atoms with van der Waals surface area (Å²) in [5, 5.41) is 3.61. The van der Waals surface area contributed by atoms with Crippen molar-refractivity contribution in [1.82, 2.24) is 4.98 Å². The Morgan fingerprint density at radius 1 is 1.11 bits per heavy atom. The monoisotopic (exact) mass is 383 g/mol. The van der Waals surface area contributed by atoms with Crippen LogP contribution in [0.15, 0.2) is 54.7 Å². The second kappa shape index (κ2) is 7.36. The lowest BCUT2D eigenvalue weighted by atomic mass is 10.1. The van der Waals surface area contributed by atoms with E-state index in [-0.39, 0.29) is 6.54 Å². The number of sulfonamides is 1. The number of amides is 1. The maximum Gasteiger partial charge on any atom is 0.245 e. The third-order valence-electron chi connectivity index (χ3n) is 4.23. The first-order valence-corrected chi connectivity index (χ1v) is 10.3. The third-order valence-corrected chi connectivity index (χ3v) is 5.36. The predicted octanol–water partition coefficient (Wildman–Crippen LogP) is 3.26. The molecule has 27 heavy (non-hydrogen) atoms. The van der Waals surface area contributed by atoms with Gasteiger partial charge in [-0.05, 0) is 43.2 Å². The quantitative estimate of drug-likeness (QED) is 0.733. The number of carbonyl (C=O) groups is 1. The van der Waals surface area contributed by atoms with Crippen molar-refractivity contribution in [1.29, 1.82) is 0 Å². The minimum atomic E-state index is -3.68. The van der Waals surface area contributed by atoms with Gasteiger partial charge in [0.1, 0.15) is 6.54 Å². The molecule has 3 rings (SSSR count). The fraction of sp³-hybridized carbons (Fsp3) is 0.200. The minimum absolute atomic E-state index is 0.331.